The molecule has 0 radical (unpaired) electrons. The molecule has 1 aliphatic rings. The summed E-state index contributed by atoms with van der Waals surface area (Å²) >= 11 is 0. The zero-order chi connectivity index (χ0) is 10.7. The normalized spacial score (nSPS) is 20.8. The first-order chi connectivity index (χ1) is 7.27. The van der Waals surface area contributed by atoms with Gasteiger partial charge in [0, 0.05) is 13.1 Å². The predicted octanol–water partition coefficient (Wildman–Crippen LogP) is 1.32. The minimum absolute atomic E-state index is 0.604. The van der Waals surface area contributed by atoms with Crippen LogP contribution in [0.1, 0.15) is 30.9 Å². The summed E-state index contributed by atoms with van der Waals surface area (Å²) in [6.45, 7) is 2.79. The third-order valence-electron chi connectivity index (χ3n) is 3.00. The van der Waals surface area contributed by atoms with Gasteiger partial charge >= 0.3 is 0 Å². The molecule has 2 rings (SSSR count). The molecule has 0 bridgehead atoms. The first kappa shape index (κ1) is 10.4. The Kier molecular flexibility index (Phi) is 3.16. The van der Waals surface area contributed by atoms with Gasteiger partial charge in [-0.25, -0.2) is 0 Å². The summed E-state index contributed by atoms with van der Waals surface area (Å²) < 4.78 is 2.03. The van der Waals surface area contributed by atoms with E-state index in [1.807, 2.05) is 18.5 Å². The number of rotatable bonds is 3. The molecule has 0 aliphatic heterocycles. The van der Waals surface area contributed by atoms with Gasteiger partial charge in [-0.2, -0.15) is 0 Å². The van der Waals surface area contributed by atoms with Crippen LogP contribution in [0, 0.1) is 6.92 Å². The van der Waals surface area contributed by atoms with Gasteiger partial charge in [-0.3, -0.25) is 0 Å². The number of hydrogen-bond donors (Lipinski definition) is 1. The van der Waals surface area contributed by atoms with Crippen LogP contribution in [-0.4, -0.2) is 20.8 Å². The largest absolute Gasteiger partial charge is 0.317 e. The lowest BCUT2D eigenvalue weighted by molar-refractivity contribution is 0.462. The van der Waals surface area contributed by atoms with Crippen LogP contribution in [0.3, 0.4) is 0 Å². The van der Waals surface area contributed by atoms with Crippen LogP contribution in [-0.2, 0) is 13.6 Å². The number of nitrogens with one attached hydrogen (secondary N) is 1. The summed E-state index contributed by atoms with van der Waals surface area (Å²) in [5.74, 6) is 1.98. The molecule has 4 nitrogen and oxygen atoms in total. The summed E-state index contributed by atoms with van der Waals surface area (Å²) in [6.07, 6.45) is 8.06. The molecule has 1 aromatic heterocycles. The fourth-order valence-electron chi connectivity index (χ4n) is 1.82. The average molecular weight is 206 g/mol. The maximum atomic E-state index is 4.13. The Morgan fingerprint density at radius 1 is 1.47 bits per heavy atom. The highest BCUT2D eigenvalue weighted by molar-refractivity contribution is 4.96. The molecule has 4 heteroatoms. The van der Waals surface area contributed by atoms with E-state index >= 15 is 0 Å². The molecule has 1 heterocycles. The summed E-state index contributed by atoms with van der Waals surface area (Å²) in [4.78, 5) is 0. The van der Waals surface area contributed by atoms with Crippen LogP contribution in [0.2, 0.25) is 0 Å². The maximum absolute atomic E-state index is 4.13. The van der Waals surface area contributed by atoms with Gasteiger partial charge < -0.3 is 9.88 Å². The molecule has 0 fully saturated rings. The number of allylic oxidation sites excluding steroid dienone is 1. The minimum atomic E-state index is 0.604. The first-order valence-electron chi connectivity index (χ1n) is 5.50. The van der Waals surface area contributed by atoms with E-state index in [2.05, 4.69) is 27.7 Å². The molecule has 0 amide bonds. The van der Waals surface area contributed by atoms with Crippen molar-refractivity contribution in [3.05, 3.63) is 23.8 Å². The molecule has 1 aliphatic carbocycles. The first-order valence-corrected chi connectivity index (χ1v) is 5.50. The van der Waals surface area contributed by atoms with E-state index in [-0.39, 0.29) is 0 Å². The fourth-order valence-corrected chi connectivity index (χ4v) is 1.82. The molecule has 0 saturated heterocycles. The minimum Gasteiger partial charge on any atom is -0.317 e. The number of aryl methyl sites for hydroxylation is 1. The molecule has 1 N–H and O–H groups in total. The van der Waals surface area contributed by atoms with Crippen molar-refractivity contribution in [1.29, 1.82) is 0 Å². The average Bonchev–Trinajstić information content (AvgIpc) is 2.59. The predicted molar refractivity (Wildman–Crippen MR) is 59.4 cm³/mol. The molecular formula is C11H18N4. The van der Waals surface area contributed by atoms with Gasteiger partial charge in [0.25, 0.3) is 0 Å². The standard InChI is InChI=1S/C11H18N4/c1-9-13-14-11(15(9)2)8-12-10-6-4-3-5-7-10/h3-4,10,12H,5-8H2,1-2H3. The Bertz CT molecular complexity index is 353. The summed E-state index contributed by atoms with van der Waals surface area (Å²) in [7, 11) is 2.01. The summed E-state index contributed by atoms with van der Waals surface area (Å²) in [6, 6.07) is 0.604. The zero-order valence-electron chi connectivity index (χ0n) is 9.40. The van der Waals surface area contributed by atoms with E-state index in [4.69, 9.17) is 0 Å². The SMILES string of the molecule is Cc1nnc(CNC2CC=CCC2)n1C. The van der Waals surface area contributed by atoms with Crippen molar-refractivity contribution in [2.24, 2.45) is 7.05 Å². The molecule has 0 aromatic carbocycles. The van der Waals surface area contributed by atoms with E-state index in [9.17, 15) is 0 Å². The van der Waals surface area contributed by atoms with Crippen LogP contribution < -0.4 is 5.32 Å². The topological polar surface area (TPSA) is 42.7 Å². The Hall–Kier alpha value is -1.16. The lowest BCUT2D eigenvalue weighted by Crippen LogP contribution is -2.30. The smallest absolute Gasteiger partial charge is 0.146 e. The second-order valence-corrected chi connectivity index (χ2v) is 4.08. The van der Waals surface area contributed by atoms with Crippen LogP contribution in [0.25, 0.3) is 0 Å². The molecule has 15 heavy (non-hydrogen) atoms. The summed E-state index contributed by atoms with van der Waals surface area (Å²) in [5, 5.41) is 11.7. The van der Waals surface area contributed by atoms with Crippen molar-refractivity contribution in [2.45, 2.75) is 38.8 Å². The van der Waals surface area contributed by atoms with Gasteiger partial charge in [-0.1, -0.05) is 12.2 Å². The van der Waals surface area contributed by atoms with Crippen molar-refractivity contribution >= 4 is 0 Å². The number of nitrogens with zero attached hydrogens (tertiary/aromatic N) is 3. The van der Waals surface area contributed by atoms with Crippen molar-refractivity contribution < 1.29 is 0 Å². The van der Waals surface area contributed by atoms with Crippen molar-refractivity contribution in [2.75, 3.05) is 0 Å². The van der Waals surface area contributed by atoms with Gasteiger partial charge in [-0.15, -0.1) is 10.2 Å². The van der Waals surface area contributed by atoms with Gasteiger partial charge in [0.15, 0.2) is 0 Å². The van der Waals surface area contributed by atoms with Crippen LogP contribution in [0.5, 0.6) is 0 Å². The van der Waals surface area contributed by atoms with Crippen molar-refractivity contribution in [1.82, 2.24) is 20.1 Å². The van der Waals surface area contributed by atoms with E-state index in [0.29, 0.717) is 6.04 Å². The maximum Gasteiger partial charge on any atom is 0.146 e. The second kappa shape index (κ2) is 4.57. The lowest BCUT2D eigenvalue weighted by Gasteiger charge is -2.18. The monoisotopic (exact) mass is 206 g/mol. The third kappa shape index (κ3) is 2.45. The zero-order valence-corrected chi connectivity index (χ0v) is 9.40. The Morgan fingerprint density at radius 3 is 2.93 bits per heavy atom. The highest BCUT2D eigenvalue weighted by atomic mass is 15.3. The molecule has 1 unspecified atom stereocenters. The Balaban J connectivity index is 1.87. The molecule has 1 aromatic rings. The summed E-state index contributed by atoms with van der Waals surface area (Å²) in [5.41, 5.74) is 0. The van der Waals surface area contributed by atoms with Crippen LogP contribution >= 0.6 is 0 Å². The number of aromatic nitrogens is 3. The molecule has 0 spiro atoms. The van der Waals surface area contributed by atoms with E-state index in [0.717, 1.165) is 24.6 Å². The van der Waals surface area contributed by atoms with Crippen LogP contribution in [0.4, 0.5) is 0 Å². The highest BCUT2D eigenvalue weighted by Crippen LogP contribution is 2.11. The second-order valence-electron chi connectivity index (χ2n) is 4.08. The highest BCUT2D eigenvalue weighted by Gasteiger charge is 2.11. The third-order valence-corrected chi connectivity index (χ3v) is 3.00. The molecular weight excluding hydrogens is 188 g/mol. The van der Waals surface area contributed by atoms with Crippen LogP contribution in [0.15, 0.2) is 12.2 Å². The van der Waals surface area contributed by atoms with Gasteiger partial charge in [0.05, 0.1) is 6.54 Å². The van der Waals surface area contributed by atoms with Gasteiger partial charge in [0.1, 0.15) is 11.6 Å². The van der Waals surface area contributed by atoms with E-state index < -0.39 is 0 Å². The fraction of sp³-hybridized carbons (Fsp3) is 0.636. The van der Waals surface area contributed by atoms with E-state index in [1.54, 1.807) is 0 Å². The Labute approximate surface area is 90.4 Å². The number of hydrogen-bond acceptors (Lipinski definition) is 3. The van der Waals surface area contributed by atoms with Gasteiger partial charge in [-0.05, 0) is 26.2 Å². The molecule has 0 saturated carbocycles. The van der Waals surface area contributed by atoms with E-state index in [1.165, 1.54) is 12.8 Å². The lowest BCUT2D eigenvalue weighted by atomic mass is 10.0. The quantitative estimate of drug-likeness (QED) is 0.758. The Morgan fingerprint density at radius 2 is 2.33 bits per heavy atom. The molecule has 1 atom stereocenters. The van der Waals surface area contributed by atoms with Crippen molar-refractivity contribution in [3.63, 3.8) is 0 Å². The van der Waals surface area contributed by atoms with Gasteiger partial charge in [0.2, 0.25) is 0 Å². The molecule has 82 valence electrons. The van der Waals surface area contributed by atoms with Crippen molar-refractivity contribution in [3.8, 4) is 0 Å².